The van der Waals surface area contributed by atoms with Crippen LogP contribution in [0.2, 0.25) is 0 Å². The maximum absolute atomic E-state index is 11.0. The van der Waals surface area contributed by atoms with Crippen LogP contribution in [0.3, 0.4) is 0 Å². The van der Waals surface area contributed by atoms with Gasteiger partial charge < -0.3 is 0 Å². The second-order valence-electron chi connectivity index (χ2n) is 2.31. The Morgan fingerprint density at radius 3 is 2.27 bits per heavy atom. The standard InChI is InChI=1S/C6H8INO2S/c1-5-6(7)3-4-8(5)11(2,9)10/h3-4H,1-2H3. The number of aromatic nitrogens is 1. The van der Waals surface area contributed by atoms with Gasteiger partial charge in [0, 0.05) is 15.5 Å². The SMILES string of the molecule is Cc1c(I)ccn1S(C)(=O)=O. The van der Waals surface area contributed by atoms with Crippen molar-refractivity contribution in [3.8, 4) is 0 Å². The van der Waals surface area contributed by atoms with Crippen molar-refractivity contribution in [3.63, 3.8) is 0 Å². The van der Waals surface area contributed by atoms with E-state index in [4.69, 9.17) is 0 Å². The molecule has 11 heavy (non-hydrogen) atoms. The number of rotatable bonds is 1. The van der Waals surface area contributed by atoms with Gasteiger partial charge in [-0.3, -0.25) is 0 Å². The minimum absolute atomic E-state index is 0.771. The molecule has 0 radical (unpaired) electrons. The van der Waals surface area contributed by atoms with Crippen LogP contribution in [0, 0.1) is 10.5 Å². The van der Waals surface area contributed by atoms with Crippen molar-refractivity contribution in [2.24, 2.45) is 0 Å². The Balaban J connectivity index is 3.38. The summed E-state index contributed by atoms with van der Waals surface area (Å²) in [4.78, 5) is 0. The highest BCUT2D eigenvalue weighted by Gasteiger charge is 2.09. The van der Waals surface area contributed by atoms with Crippen LogP contribution >= 0.6 is 22.6 Å². The van der Waals surface area contributed by atoms with Crippen molar-refractivity contribution in [2.45, 2.75) is 6.92 Å². The largest absolute Gasteiger partial charge is 0.249 e. The minimum atomic E-state index is -3.10. The van der Waals surface area contributed by atoms with Crippen LogP contribution in [-0.2, 0) is 10.0 Å². The van der Waals surface area contributed by atoms with Gasteiger partial charge in [0.15, 0.2) is 0 Å². The Morgan fingerprint density at radius 1 is 1.55 bits per heavy atom. The summed E-state index contributed by atoms with van der Waals surface area (Å²) in [7, 11) is -3.10. The average Bonchev–Trinajstić information content (AvgIpc) is 2.11. The molecule has 0 amide bonds. The Kier molecular flexibility index (Phi) is 2.29. The second-order valence-corrected chi connectivity index (χ2v) is 5.33. The first-order chi connectivity index (χ1) is 4.93. The van der Waals surface area contributed by atoms with E-state index in [9.17, 15) is 8.42 Å². The molecule has 62 valence electrons. The van der Waals surface area contributed by atoms with E-state index in [0.717, 1.165) is 9.26 Å². The normalized spacial score (nSPS) is 11.9. The number of halogens is 1. The fraction of sp³-hybridized carbons (Fsp3) is 0.333. The Bertz CT molecular complexity index is 366. The molecule has 1 rings (SSSR count). The lowest BCUT2D eigenvalue weighted by Gasteiger charge is -2.01. The van der Waals surface area contributed by atoms with E-state index >= 15 is 0 Å². The summed E-state index contributed by atoms with van der Waals surface area (Å²) in [5.74, 6) is 0. The molecular formula is C6H8INO2S. The lowest BCUT2D eigenvalue weighted by atomic mass is 10.5. The van der Waals surface area contributed by atoms with Gasteiger partial charge in [-0.05, 0) is 35.6 Å². The van der Waals surface area contributed by atoms with Crippen LogP contribution in [0.5, 0.6) is 0 Å². The predicted molar refractivity (Wildman–Crippen MR) is 52.1 cm³/mol. The van der Waals surface area contributed by atoms with Gasteiger partial charge in [0.2, 0.25) is 10.0 Å². The summed E-state index contributed by atoms with van der Waals surface area (Å²) in [5.41, 5.74) is 0.771. The molecule has 0 aliphatic heterocycles. The Morgan fingerprint density at radius 2 is 2.09 bits per heavy atom. The molecule has 0 N–H and O–H groups in total. The van der Waals surface area contributed by atoms with E-state index in [1.165, 1.54) is 10.2 Å². The first kappa shape index (κ1) is 9.05. The molecule has 0 unspecified atom stereocenters. The molecule has 3 nitrogen and oxygen atoms in total. The molecule has 5 heteroatoms. The molecule has 0 aliphatic rings. The average molecular weight is 285 g/mol. The molecule has 0 aliphatic carbocycles. The van der Waals surface area contributed by atoms with Gasteiger partial charge in [0.05, 0.1) is 6.26 Å². The third kappa shape index (κ3) is 1.76. The zero-order chi connectivity index (χ0) is 8.65. The number of hydrogen-bond donors (Lipinski definition) is 0. The molecule has 1 aromatic heterocycles. The van der Waals surface area contributed by atoms with Crippen LogP contribution in [0.1, 0.15) is 5.69 Å². The van der Waals surface area contributed by atoms with Crippen molar-refractivity contribution >= 4 is 32.6 Å². The van der Waals surface area contributed by atoms with E-state index in [0.29, 0.717) is 0 Å². The topological polar surface area (TPSA) is 39.1 Å². The van der Waals surface area contributed by atoms with E-state index in [1.54, 1.807) is 19.2 Å². The van der Waals surface area contributed by atoms with Crippen LogP contribution in [-0.4, -0.2) is 18.6 Å². The van der Waals surface area contributed by atoms with Crippen molar-refractivity contribution in [1.82, 2.24) is 3.97 Å². The molecule has 0 saturated heterocycles. The fourth-order valence-electron chi connectivity index (χ4n) is 0.830. The second kappa shape index (κ2) is 2.78. The minimum Gasteiger partial charge on any atom is -0.249 e. The van der Waals surface area contributed by atoms with Gasteiger partial charge in [-0.25, -0.2) is 12.4 Å². The molecule has 1 aromatic rings. The van der Waals surface area contributed by atoms with E-state index < -0.39 is 10.0 Å². The summed E-state index contributed by atoms with van der Waals surface area (Å²) in [5, 5.41) is 0. The van der Waals surface area contributed by atoms with Crippen molar-refractivity contribution in [1.29, 1.82) is 0 Å². The summed E-state index contributed by atoms with van der Waals surface area (Å²) < 4.78 is 24.3. The lowest BCUT2D eigenvalue weighted by Crippen LogP contribution is -2.10. The summed E-state index contributed by atoms with van der Waals surface area (Å²) in [6.07, 6.45) is 2.75. The third-order valence-corrected chi connectivity index (χ3v) is 3.64. The summed E-state index contributed by atoms with van der Waals surface area (Å²) in [6.45, 7) is 1.78. The molecule has 0 aromatic carbocycles. The Hall–Kier alpha value is -0.0400. The number of hydrogen-bond acceptors (Lipinski definition) is 2. The van der Waals surface area contributed by atoms with Crippen molar-refractivity contribution in [3.05, 3.63) is 21.5 Å². The van der Waals surface area contributed by atoms with Gasteiger partial charge in [0.25, 0.3) is 0 Å². The van der Waals surface area contributed by atoms with Crippen LogP contribution in [0.4, 0.5) is 0 Å². The zero-order valence-corrected chi connectivity index (χ0v) is 9.18. The maximum atomic E-state index is 11.0. The van der Waals surface area contributed by atoms with Gasteiger partial charge in [-0.1, -0.05) is 0 Å². The Labute approximate surface area is 79.6 Å². The predicted octanol–water partition coefficient (Wildman–Crippen LogP) is 1.21. The third-order valence-electron chi connectivity index (χ3n) is 1.39. The fourth-order valence-corrected chi connectivity index (χ4v) is 2.29. The molecule has 1 heterocycles. The summed E-state index contributed by atoms with van der Waals surface area (Å²) in [6, 6.07) is 1.77. The smallest absolute Gasteiger partial charge is 0.235 e. The van der Waals surface area contributed by atoms with E-state index in [1.807, 2.05) is 0 Å². The quantitative estimate of drug-likeness (QED) is 0.727. The molecule has 0 spiro atoms. The van der Waals surface area contributed by atoms with Crippen molar-refractivity contribution in [2.75, 3.05) is 6.26 Å². The zero-order valence-electron chi connectivity index (χ0n) is 6.20. The molecular weight excluding hydrogens is 277 g/mol. The molecule has 0 bridgehead atoms. The lowest BCUT2D eigenvalue weighted by molar-refractivity contribution is 0.592. The van der Waals surface area contributed by atoms with Crippen LogP contribution < -0.4 is 0 Å². The highest BCUT2D eigenvalue weighted by molar-refractivity contribution is 14.1. The van der Waals surface area contributed by atoms with Crippen LogP contribution in [0.25, 0.3) is 0 Å². The molecule has 0 atom stereocenters. The monoisotopic (exact) mass is 285 g/mol. The molecule has 0 fully saturated rings. The van der Waals surface area contributed by atoms with E-state index in [2.05, 4.69) is 22.6 Å². The highest BCUT2D eigenvalue weighted by Crippen LogP contribution is 2.13. The van der Waals surface area contributed by atoms with Gasteiger partial charge in [0.1, 0.15) is 0 Å². The van der Waals surface area contributed by atoms with Crippen LogP contribution in [0.15, 0.2) is 12.3 Å². The number of nitrogens with zero attached hydrogens (tertiary/aromatic N) is 1. The van der Waals surface area contributed by atoms with Gasteiger partial charge in [-0.2, -0.15) is 0 Å². The van der Waals surface area contributed by atoms with Gasteiger partial charge in [-0.15, -0.1) is 0 Å². The van der Waals surface area contributed by atoms with Crippen molar-refractivity contribution < 1.29 is 8.42 Å². The molecule has 0 saturated carbocycles. The maximum Gasteiger partial charge on any atom is 0.235 e. The summed E-state index contributed by atoms with van der Waals surface area (Å²) >= 11 is 2.10. The first-order valence-electron chi connectivity index (χ1n) is 2.97. The van der Waals surface area contributed by atoms with Gasteiger partial charge >= 0.3 is 0 Å². The van der Waals surface area contributed by atoms with E-state index in [-0.39, 0.29) is 0 Å². The highest BCUT2D eigenvalue weighted by atomic mass is 127. The first-order valence-corrected chi connectivity index (χ1v) is 5.89.